The average Bonchev–Trinajstić information content (AvgIpc) is 3.28. The zero-order valence-electron chi connectivity index (χ0n) is 22.4. The monoisotopic (exact) mass is 746 g/mol. The van der Waals surface area contributed by atoms with Crippen molar-refractivity contribution < 1.29 is 50.5 Å². The summed E-state index contributed by atoms with van der Waals surface area (Å²) in [7, 11) is 0. The van der Waals surface area contributed by atoms with Crippen molar-refractivity contribution in [2.45, 2.75) is 17.5 Å². The summed E-state index contributed by atoms with van der Waals surface area (Å²) in [6.07, 6.45) is 0. The first-order chi connectivity index (χ1) is 18.6. The Balaban J connectivity index is 0.00000185. The van der Waals surface area contributed by atoms with Crippen molar-refractivity contribution in [2.24, 2.45) is 0 Å². The number of benzene rings is 5. The Morgan fingerprint density at radius 1 is 0.625 bits per heavy atom. The Bertz CT molecular complexity index is 1510. The van der Waals surface area contributed by atoms with Crippen molar-refractivity contribution in [3.05, 3.63) is 155 Å². The molecule has 0 saturated carbocycles. The molecule has 0 spiro atoms. The van der Waals surface area contributed by atoms with Crippen LogP contribution in [0.1, 0.15) is 36.3 Å². The van der Waals surface area contributed by atoms with Crippen LogP contribution in [0.3, 0.4) is 0 Å². The van der Waals surface area contributed by atoms with E-state index in [1.54, 1.807) is 0 Å². The molecule has 40 heavy (non-hydrogen) atoms. The molecule has 6 rings (SSSR count). The summed E-state index contributed by atoms with van der Waals surface area (Å²) in [6.45, 7) is 4.14. The molecule has 1 N–H and O–H groups in total. The summed E-state index contributed by atoms with van der Waals surface area (Å²) < 4.78 is 4.12. The molecule has 0 atom stereocenters. The van der Waals surface area contributed by atoms with Crippen LogP contribution in [-0.2, 0) is 20.9 Å². The molecule has 0 heterocycles. The first-order valence-corrected chi connectivity index (χ1v) is 25.0. The molecule has 0 radical (unpaired) electrons. The van der Waals surface area contributed by atoms with E-state index in [0.717, 1.165) is 16.7 Å². The van der Waals surface area contributed by atoms with Crippen molar-refractivity contribution in [2.75, 3.05) is 0 Å². The predicted molar refractivity (Wildman–Crippen MR) is 156 cm³/mol. The third-order valence-corrected chi connectivity index (χ3v) is 34.3. The molecule has 0 aliphatic heterocycles. The molecule has 199 valence electrons. The number of nitrogens with one attached hydrogen (secondary N) is 1. The number of fused-ring (bicyclic) bond motifs is 3. The number of aryl methyl sites for hydroxylation is 2. The maximum Gasteiger partial charge on any atom is -1.00 e. The Morgan fingerprint density at radius 3 is 1.52 bits per heavy atom. The van der Waals surface area contributed by atoms with Crippen LogP contribution >= 0.6 is 0 Å². The third-order valence-electron chi connectivity index (χ3n) is 7.46. The maximum atomic E-state index is 14.1. The Morgan fingerprint density at radius 2 is 1.05 bits per heavy atom. The molecule has 1 amide bonds. The number of carbonyl (C=O) groups excluding carboxylic acids is 1. The Labute approximate surface area is 258 Å². The molecule has 2 nitrogen and oxygen atoms in total. The quantitative estimate of drug-likeness (QED) is 0.242. The number of amides is 1. The first-order valence-electron chi connectivity index (χ1n) is 13.1. The molecule has 6 heteroatoms. The van der Waals surface area contributed by atoms with Gasteiger partial charge in [0.05, 0.1) is 0 Å². The first kappa shape index (κ1) is 30.2. The molecule has 0 bridgehead atoms. The second-order valence-corrected chi connectivity index (χ2v) is 29.9. The van der Waals surface area contributed by atoms with Gasteiger partial charge >= 0.3 is 235 Å². The van der Waals surface area contributed by atoms with Gasteiger partial charge in [-0.2, -0.15) is 0 Å². The van der Waals surface area contributed by atoms with Gasteiger partial charge in [-0.3, -0.25) is 0 Å². The van der Waals surface area contributed by atoms with Crippen molar-refractivity contribution >= 4 is 22.3 Å². The fourth-order valence-corrected chi connectivity index (χ4v) is 36.0. The summed E-state index contributed by atoms with van der Waals surface area (Å²) in [4.78, 5) is 14.1. The van der Waals surface area contributed by atoms with Gasteiger partial charge in [-0.25, -0.2) is 0 Å². The van der Waals surface area contributed by atoms with Crippen LogP contribution in [0.2, 0.25) is 0 Å². The molecule has 5 aromatic carbocycles. The van der Waals surface area contributed by atoms with Crippen molar-refractivity contribution in [1.82, 2.24) is 3.30 Å². The summed E-state index contributed by atoms with van der Waals surface area (Å²) in [6, 6.07) is 45.9. The Kier molecular flexibility index (Phi) is 10.0. The summed E-state index contributed by atoms with van der Waals surface area (Å²) in [5.41, 5.74) is 8.45. The largest absolute Gasteiger partial charge is 1.00 e. The van der Waals surface area contributed by atoms with Crippen molar-refractivity contribution in [3.63, 3.8) is 0 Å². The van der Waals surface area contributed by atoms with Gasteiger partial charge < -0.3 is 24.8 Å². The molecule has 0 unspecified atom stereocenters. The number of carbonyl (C=O) groups is 1. The standard InChI is InChI=1S/C13H9.C12H11Si.C9H11NO.2ClH.Hf/c1-3-7-12-10(5-1)9-11-6-2-4-8-13(11)12;1-3-7-11(8-4-1)13-12-9-5-2-6-10-12;1-6-3-7(2)5-8(4-6)9(10)11;;;/h1-9H;1-10,13H;3-5H,1-2H3,(H2,10,11);2*1H;/q;;;;;+3/p-3. The molecule has 1 aliphatic carbocycles. The van der Waals surface area contributed by atoms with Crippen molar-refractivity contribution in [3.8, 4) is 11.1 Å². The van der Waals surface area contributed by atoms with Crippen molar-refractivity contribution in [1.29, 1.82) is 0 Å². The Hall–Kier alpha value is -2.76. The molecule has 0 aromatic heterocycles. The van der Waals surface area contributed by atoms with Gasteiger partial charge in [0.15, 0.2) is 0 Å². The average molecular weight is 746 g/mol. The summed E-state index contributed by atoms with van der Waals surface area (Å²) in [5.74, 6) is -1.67. The van der Waals surface area contributed by atoms with Crippen LogP contribution in [0, 0.1) is 13.8 Å². The fourth-order valence-electron chi connectivity index (χ4n) is 5.95. The van der Waals surface area contributed by atoms with Crippen LogP contribution in [0.4, 0.5) is 0 Å². The second kappa shape index (κ2) is 13.3. The molecule has 1 aliphatic rings. The second-order valence-electron chi connectivity index (χ2n) is 10.1. The molecular formula is C34H30Cl2HfNOSi. The van der Waals surface area contributed by atoms with E-state index in [1.165, 1.54) is 32.6 Å². The summed E-state index contributed by atoms with van der Waals surface area (Å²) in [5, 5.41) is 2.84. The SMILES string of the molecule is Cc1cc(C)cc(C(=O)[NH][Hf+2]([CH]2c3ccccc3-c3ccccc32)[SiH](c2ccccc2)c2ccccc2)c1.[Cl-].[Cl-]. The van der Waals surface area contributed by atoms with Crippen LogP contribution in [0.5, 0.6) is 0 Å². The number of hydrogen-bond acceptors (Lipinski definition) is 1. The topological polar surface area (TPSA) is 29.1 Å². The number of rotatable bonds is 6. The van der Waals surface area contributed by atoms with E-state index < -0.39 is 26.9 Å². The van der Waals surface area contributed by atoms with E-state index in [1.807, 2.05) is 12.1 Å². The van der Waals surface area contributed by atoms with Gasteiger partial charge in [0.2, 0.25) is 0 Å². The van der Waals surface area contributed by atoms with Gasteiger partial charge in [-0.1, -0.05) is 0 Å². The minimum Gasteiger partial charge on any atom is -1.00 e. The smallest absolute Gasteiger partial charge is 1.00 e. The number of hydrogen-bond donors (Lipinski definition) is 1. The van der Waals surface area contributed by atoms with Gasteiger partial charge in [0.1, 0.15) is 0 Å². The van der Waals surface area contributed by atoms with E-state index in [2.05, 4.69) is 132 Å². The van der Waals surface area contributed by atoms with E-state index in [0.29, 0.717) is 0 Å². The van der Waals surface area contributed by atoms with Gasteiger partial charge in [-0.05, 0) is 0 Å². The van der Waals surface area contributed by atoms with E-state index >= 15 is 0 Å². The van der Waals surface area contributed by atoms with Gasteiger partial charge in [0.25, 0.3) is 0 Å². The molecular weight excluding hydrogens is 716 g/mol. The van der Waals surface area contributed by atoms with Crippen LogP contribution in [0.25, 0.3) is 11.1 Å². The zero-order chi connectivity index (χ0) is 26.1. The molecule has 0 fully saturated rings. The third kappa shape index (κ3) is 5.96. The van der Waals surface area contributed by atoms with Gasteiger partial charge in [-0.15, -0.1) is 0 Å². The molecule has 5 aromatic rings. The van der Waals surface area contributed by atoms with E-state index in [9.17, 15) is 4.79 Å². The molecule has 0 saturated heterocycles. The minimum atomic E-state index is -3.10. The minimum absolute atomic E-state index is 0. The number of halogens is 2. The maximum absolute atomic E-state index is 14.1. The summed E-state index contributed by atoms with van der Waals surface area (Å²) >= 11 is -3.10. The van der Waals surface area contributed by atoms with Crippen LogP contribution in [0.15, 0.2) is 127 Å². The van der Waals surface area contributed by atoms with Gasteiger partial charge in [0, 0.05) is 0 Å². The zero-order valence-corrected chi connectivity index (χ0v) is 28.7. The van der Waals surface area contributed by atoms with Crippen LogP contribution in [-0.4, -0.2) is 11.9 Å². The van der Waals surface area contributed by atoms with Crippen LogP contribution < -0.4 is 38.5 Å². The predicted octanol–water partition coefficient (Wildman–Crippen LogP) is -0.117. The van der Waals surface area contributed by atoms with E-state index in [-0.39, 0.29) is 34.4 Å². The fraction of sp³-hybridized carbons (Fsp3) is 0.0882. The van der Waals surface area contributed by atoms with E-state index in [4.69, 9.17) is 0 Å². The normalized spacial score (nSPS) is 11.6.